The van der Waals surface area contributed by atoms with E-state index in [-0.39, 0.29) is 29.4 Å². The van der Waals surface area contributed by atoms with Crippen molar-refractivity contribution < 1.29 is 14.0 Å². The van der Waals surface area contributed by atoms with E-state index in [9.17, 15) is 9.59 Å². The van der Waals surface area contributed by atoms with Gasteiger partial charge in [-0.2, -0.15) is 4.98 Å². The highest BCUT2D eigenvalue weighted by atomic mass is 16.4. The standard InChI is InChI=1S/C15H15N3O3/c19-13(11-6-7-11)18-15-17-12(9-21-15)14(20)16-8-10-4-2-1-3-5-10/h1-5,9,11H,6-8H2,(H,16,20)(H,17,18,19). The molecule has 108 valence electrons. The van der Waals surface area contributed by atoms with Gasteiger partial charge in [0.15, 0.2) is 5.69 Å². The first kappa shape index (κ1) is 13.4. The van der Waals surface area contributed by atoms with Crippen LogP contribution >= 0.6 is 0 Å². The molecule has 0 aliphatic heterocycles. The predicted molar refractivity (Wildman–Crippen MR) is 75.5 cm³/mol. The van der Waals surface area contributed by atoms with Gasteiger partial charge in [-0.15, -0.1) is 0 Å². The molecule has 1 aromatic carbocycles. The van der Waals surface area contributed by atoms with Crippen LogP contribution in [0.3, 0.4) is 0 Å². The van der Waals surface area contributed by atoms with E-state index in [1.807, 2.05) is 30.3 Å². The maximum Gasteiger partial charge on any atom is 0.302 e. The Morgan fingerprint density at radius 2 is 2.00 bits per heavy atom. The van der Waals surface area contributed by atoms with E-state index in [0.717, 1.165) is 18.4 Å². The molecule has 2 aromatic rings. The quantitative estimate of drug-likeness (QED) is 0.879. The Balaban J connectivity index is 1.55. The molecule has 21 heavy (non-hydrogen) atoms. The maximum atomic E-state index is 11.9. The molecule has 6 nitrogen and oxygen atoms in total. The molecule has 1 heterocycles. The Morgan fingerprint density at radius 3 is 2.71 bits per heavy atom. The highest BCUT2D eigenvalue weighted by molar-refractivity contribution is 5.94. The van der Waals surface area contributed by atoms with Gasteiger partial charge in [-0.3, -0.25) is 14.9 Å². The number of nitrogens with zero attached hydrogens (tertiary/aromatic N) is 1. The molecule has 0 bridgehead atoms. The van der Waals surface area contributed by atoms with Crippen molar-refractivity contribution in [1.82, 2.24) is 10.3 Å². The molecule has 0 saturated heterocycles. The van der Waals surface area contributed by atoms with Crippen molar-refractivity contribution in [2.75, 3.05) is 5.32 Å². The van der Waals surface area contributed by atoms with Crippen molar-refractivity contribution in [3.05, 3.63) is 47.9 Å². The largest absolute Gasteiger partial charge is 0.431 e. The summed E-state index contributed by atoms with van der Waals surface area (Å²) in [5, 5.41) is 5.30. The number of amides is 2. The summed E-state index contributed by atoms with van der Waals surface area (Å²) in [6, 6.07) is 9.63. The number of carbonyl (C=O) groups is 2. The van der Waals surface area contributed by atoms with Gasteiger partial charge in [0, 0.05) is 12.5 Å². The molecule has 1 aromatic heterocycles. The molecule has 0 spiro atoms. The molecule has 3 rings (SSSR count). The summed E-state index contributed by atoms with van der Waals surface area (Å²) >= 11 is 0. The fourth-order valence-electron chi connectivity index (χ4n) is 1.86. The lowest BCUT2D eigenvalue weighted by Gasteiger charge is -2.02. The van der Waals surface area contributed by atoms with Crippen molar-refractivity contribution in [3.8, 4) is 0 Å². The minimum Gasteiger partial charge on any atom is -0.431 e. The summed E-state index contributed by atoms with van der Waals surface area (Å²) in [6.07, 6.45) is 3.04. The summed E-state index contributed by atoms with van der Waals surface area (Å²) in [5.74, 6) is -0.380. The van der Waals surface area contributed by atoms with Crippen LogP contribution in [0.1, 0.15) is 28.9 Å². The molecular weight excluding hydrogens is 270 g/mol. The van der Waals surface area contributed by atoms with Crippen molar-refractivity contribution >= 4 is 17.8 Å². The Morgan fingerprint density at radius 1 is 1.24 bits per heavy atom. The lowest BCUT2D eigenvalue weighted by molar-refractivity contribution is -0.117. The molecule has 0 atom stereocenters. The average molecular weight is 285 g/mol. The van der Waals surface area contributed by atoms with Crippen LogP contribution in [0.2, 0.25) is 0 Å². The number of hydrogen-bond donors (Lipinski definition) is 2. The monoisotopic (exact) mass is 285 g/mol. The number of carbonyl (C=O) groups excluding carboxylic acids is 2. The van der Waals surface area contributed by atoms with Crippen molar-refractivity contribution in [1.29, 1.82) is 0 Å². The molecule has 2 amide bonds. The second kappa shape index (κ2) is 5.78. The summed E-state index contributed by atoms with van der Waals surface area (Å²) in [6.45, 7) is 0.413. The minimum atomic E-state index is -0.338. The van der Waals surface area contributed by atoms with Gasteiger partial charge < -0.3 is 9.73 Å². The van der Waals surface area contributed by atoms with Crippen LogP contribution in [0.4, 0.5) is 6.01 Å². The summed E-state index contributed by atoms with van der Waals surface area (Å²) in [4.78, 5) is 27.4. The fourth-order valence-corrected chi connectivity index (χ4v) is 1.86. The van der Waals surface area contributed by atoms with E-state index in [4.69, 9.17) is 4.42 Å². The normalized spacial score (nSPS) is 13.7. The van der Waals surface area contributed by atoms with Crippen LogP contribution in [-0.4, -0.2) is 16.8 Å². The SMILES string of the molecule is O=C(NCc1ccccc1)c1coc(NC(=O)C2CC2)n1. The predicted octanol–water partition coefficient (Wildman–Crippen LogP) is 1.95. The smallest absolute Gasteiger partial charge is 0.302 e. The van der Waals surface area contributed by atoms with Gasteiger partial charge >= 0.3 is 6.01 Å². The first-order valence-electron chi connectivity index (χ1n) is 6.81. The first-order chi connectivity index (χ1) is 10.2. The number of nitrogens with one attached hydrogen (secondary N) is 2. The van der Waals surface area contributed by atoms with Crippen LogP contribution in [-0.2, 0) is 11.3 Å². The minimum absolute atomic E-state index is 0.0623. The Bertz CT molecular complexity index is 647. The van der Waals surface area contributed by atoms with Gasteiger partial charge in [-0.25, -0.2) is 0 Å². The fraction of sp³-hybridized carbons (Fsp3) is 0.267. The molecule has 1 aliphatic carbocycles. The Labute approximate surface area is 121 Å². The molecule has 1 fully saturated rings. The van der Waals surface area contributed by atoms with Crippen molar-refractivity contribution in [2.24, 2.45) is 5.92 Å². The van der Waals surface area contributed by atoms with E-state index in [0.29, 0.717) is 6.54 Å². The Hall–Kier alpha value is -2.63. The van der Waals surface area contributed by atoms with E-state index in [1.165, 1.54) is 6.26 Å². The summed E-state index contributed by atoms with van der Waals surface area (Å²) in [7, 11) is 0. The Kier molecular flexibility index (Phi) is 3.68. The molecule has 1 aliphatic rings. The average Bonchev–Trinajstić information content (AvgIpc) is 3.26. The van der Waals surface area contributed by atoms with Crippen LogP contribution in [0.15, 0.2) is 41.0 Å². The van der Waals surface area contributed by atoms with Crippen molar-refractivity contribution in [3.63, 3.8) is 0 Å². The number of oxazole rings is 1. The number of hydrogen-bond acceptors (Lipinski definition) is 4. The lowest BCUT2D eigenvalue weighted by atomic mass is 10.2. The van der Waals surface area contributed by atoms with E-state index >= 15 is 0 Å². The van der Waals surface area contributed by atoms with Gasteiger partial charge in [-0.1, -0.05) is 30.3 Å². The molecule has 1 saturated carbocycles. The zero-order valence-corrected chi connectivity index (χ0v) is 11.3. The van der Waals surface area contributed by atoms with Gasteiger partial charge in [-0.05, 0) is 18.4 Å². The summed E-state index contributed by atoms with van der Waals surface area (Å²) < 4.78 is 5.08. The second-order valence-electron chi connectivity index (χ2n) is 4.97. The number of rotatable bonds is 5. The molecule has 6 heteroatoms. The summed E-state index contributed by atoms with van der Waals surface area (Å²) in [5.41, 5.74) is 1.15. The third-order valence-electron chi connectivity index (χ3n) is 3.21. The second-order valence-corrected chi connectivity index (χ2v) is 4.97. The molecule has 0 radical (unpaired) electrons. The third-order valence-corrected chi connectivity index (χ3v) is 3.21. The van der Waals surface area contributed by atoms with Crippen LogP contribution in [0, 0.1) is 5.92 Å². The number of benzene rings is 1. The number of anilines is 1. The van der Waals surface area contributed by atoms with Crippen LogP contribution < -0.4 is 10.6 Å². The maximum absolute atomic E-state index is 11.9. The zero-order valence-electron chi connectivity index (χ0n) is 11.3. The van der Waals surface area contributed by atoms with E-state index < -0.39 is 0 Å². The zero-order chi connectivity index (χ0) is 14.7. The van der Waals surface area contributed by atoms with Gasteiger partial charge in [0.1, 0.15) is 6.26 Å². The van der Waals surface area contributed by atoms with E-state index in [2.05, 4.69) is 15.6 Å². The van der Waals surface area contributed by atoms with Crippen LogP contribution in [0.25, 0.3) is 0 Å². The highest BCUT2D eigenvalue weighted by Gasteiger charge is 2.30. The topological polar surface area (TPSA) is 84.2 Å². The van der Waals surface area contributed by atoms with Gasteiger partial charge in [0.2, 0.25) is 5.91 Å². The van der Waals surface area contributed by atoms with Gasteiger partial charge in [0.25, 0.3) is 5.91 Å². The molecular formula is C15H15N3O3. The van der Waals surface area contributed by atoms with Crippen LogP contribution in [0.5, 0.6) is 0 Å². The molecule has 0 unspecified atom stereocenters. The first-order valence-corrected chi connectivity index (χ1v) is 6.81. The molecule has 2 N–H and O–H groups in total. The van der Waals surface area contributed by atoms with Gasteiger partial charge in [0.05, 0.1) is 0 Å². The lowest BCUT2D eigenvalue weighted by Crippen LogP contribution is -2.23. The highest BCUT2D eigenvalue weighted by Crippen LogP contribution is 2.30. The third kappa shape index (κ3) is 3.47. The number of aromatic nitrogens is 1. The van der Waals surface area contributed by atoms with E-state index in [1.54, 1.807) is 0 Å². The van der Waals surface area contributed by atoms with Crippen molar-refractivity contribution in [2.45, 2.75) is 19.4 Å².